The molecule has 18 nitrogen and oxygen atoms in total. The van der Waals surface area contributed by atoms with Gasteiger partial charge >= 0.3 is 17.9 Å². The zero-order valence-corrected chi connectivity index (χ0v) is 26.7. The van der Waals surface area contributed by atoms with Gasteiger partial charge in [0.05, 0.1) is 6.61 Å². The Bertz CT molecular complexity index is 1790. The number of ether oxygens (including phenoxy) is 7. The summed E-state index contributed by atoms with van der Waals surface area (Å²) in [6.45, 7) is 2.25. The largest absolute Gasteiger partial charge is 0.508 e. The predicted molar refractivity (Wildman–Crippen MR) is 163 cm³/mol. The minimum atomic E-state index is -1.98. The van der Waals surface area contributed by atoms with E-state index in [1.807, 2.05) is 0 Å². The molecule has 3 heterocycles. The summed E-state index contributed by atoms with van der Waals surface area (Å²) in [5, 5.41) is 62.2. The first-order chi connectivity index (χ1) is 23.6. The third-order valence-electron chi connectivity index (χ3n) is 7.70. The van der Waals surface area contributed by atoms with Crippen LogP contribution in [0.25, 0.3) is 22.3 Å². The lowest BCUT2D eigenvalue weighted by atomic mass is 9.99. The van der Waals surface area contributed by atoms with Crippen LogP contribution in [0.15, 0.2) is 45.6 Å². The lowest BCUT2D eigenvalue weighted by Crippen LogP contribution is -2.60. The van der Waals surface area contributed by atoms with Gasteiger partial charge in [-0.1, -0.05) is 0 Å². The summed E-state index contributed by atoms with van der Waals surface area (Å²) in [4.78, 5) is 48.9. The molecule has 0 radical (unpaired) electrons. The van der Waals surface area contributed by atoms with Gasteiger partial charge in [0, 0.05) is 38.5 Å². The molecule has 9 unspecified atom stereocenters. The van der Waals surface area contributed by atoms with Crippen LogP contribution in [0.3, 0.4) is 0 Å². The smallest absolute Gasteiger partial charge is 0.303 e. The van der Waals surface area contributed by atoms with Crippen molar-refractivity contribution in [1.29, 1.82) is 0 Å². The minimum Gasteiger partial charge on any atom is -0.508 e. The molecule has 1 aromatic heterocycles. The number of aliphatic hydroxyl groups excluding tert-OH is 3. The molecule has 0 aliphatic carbocycles. The first kappa shape index (κ1) is 36.3. The van der Waals surface area contributed by atoms with Crippen molar-refractivity contribution in [2.45, 2.75) is 76.1 Å². The zero-order chi connectivity index (χ0) is 36.4. The van der Waals surface area contributed by atoms with Gasteiger partial charge in [-0.3, -0.25) is 19.2 Å². The molecular formula is C32H34O18. The number of carbonyl (C=O) groups is 3. The van der Waals surface area contributed by atoms with Gasteiger partial charge in [-0.25, -0.2) is 0 Å². The summed E-state index contributed by atoms with van der Waals surface area (Å²) >= 11 is 0. The van der Waals surface area contributed by atoms with Crippen LogP contribution < -0.4 is 10.2 Å². The van der Waals surface area contributed by atoms with E-state index in [0.29, 0.717) is 0 Å². The fraction of sp³-hybridized carbons (Fsp3) is 0.438. The molecule has 2 fully saturated rings. The van der Waals surface area contributed by atoms with Crippen molar-refractivity contribution >= 4 is 28.9 Å². The van der Waals surface area contributed by atoms with E-state index in [2.05, 4.69) is 0 Å². The number of benzene rings is 2. The Morgan fingerprint density at radius 3 is 2.02 bits per heavy atom. The number of hydrogen-bond donors (Lipinski definition) is 6. The van der Waals surface area contributed by atoms with Crippen LogP contribution in [0.2, 0.25) is 0 Å². The highest BCUT2D eigenvalue weighted by molar-refractivity contribution is 5.88. The Balaban J connectivity index is 1.43. The number of phenols is 3. The van der Waals surface area contributed by atoms with E-state index in [-0.39, 0.29) is 22.7 Å². The van der Waals surface area contributed by atoms with Gasteiger partial charge in [0.2, 0.25) is 17.5 Å². The molecule has 270 valence electrons. The minimum absolute atomic E-state index is 0.125. The number of aromatic hydroxyl groups is 3. The number of esters is 3. The van der Waals surface area contributed by atoms with Crippen LogP contribution in [0.1, 0.15) is 20.8 Å². The van der Waals surface area contributed by atoms with Gasteiger partial charge in [0.15, 0.2) is 24.3 Å². The topological polar surface area (TPSA) is 267 Å². The molecule has 9 atom stereocenters. The van der Waals surface area contributed by atoms with Crippen LogP contribution in [0.5, 0.6) is 23.0 Å². The van der Waals surface area contributed by atoms with Gasteiger partial charge in [-0.15, -0.1) is 0 Å². The van der Waals surface area contributed by atoms with Gasteiger partial charge in [-0.05, 0) is 24.3 Å². The monoisotopic (exact) mass is 706 g/mol. The maximum Gasteiger partial charge on any atom is 0.303 e. The van der Waals surface area contributed by atoms with Crippen molar-refractivity contribution in [2.24, 2.45) is 0 Å². The Labute approximate surface area is 281 Å². The van der Waals surface area contributed by atoms with Gasteiger partial charge < -0.3 is 68.2 Å². The van der Waals surface area contributed by atoms with Crippen LogP contribution in [-0.2, 0) is 42.8 Å². The Hall–Kier alpha value is -4.98. The molecule has 6 N–H and O–H groups in total. The number of carbonyl (C=O) groups excluding carboxylic acids is 3. The molecule has 50 heavy (non-hydrogen) atoms. The molecule has 2 aromatic carbocycles. The standard InChI is InChI=1S/C32H34O18/c1-12(33)43-11-21-28(45-13(2)34)30(46-14(3)35)32(49-21)44-10-20-23(39)25(41)26(42)31(48-20)50-29-24(40)22-18(38)8-17(37)9-19(22)47-27(29)15-4-6-16(36)7-5-15/h4-9,20-21,23,25-26,28,30-32,36-39,41-42H,10-11H2,1-3H3. The number of aliphatic hydroxyl groups is 3. The SMILES string of the molecule is CC(=O)OCC1OC(OCC2OC(Oc3c(-c4ccc(O)cc4)oc4cc(O)cc(O)c4c3=O)C(O)C(O)C2O)C(OC(C)=O)C1OC(C)=O. The fourth-order valence-corrected chi connectivity index (χ4v) is 5.45. The highest BCUT2D eigenvalue weighted by Crippen LogP contribution is 2.38. The summed E-state index contributed by atoms with van der Waals surface area (Å²) in [5.41, 5.74) is -1.05. The number of hydrogen-bond acceptors (Lipinski definition) is 18. The lowest BCUT2D eigenvalue weighted by Gasteiger charge is -2.40. The second-order valence-electron chi connectivity index (χ2n) is 11.4. The van der Waals surface area contributed by atoms with Crippen LogP contribution in [0, 0.1) is 0 Å². The molecule has 0 saturated carbocycles. The first-order valence-electron chi connectivity index (χ1n) is 15.1. The van der Waals surface area contributed by atoms with E-state index in [4.69, 9.17) is 37.6 Å². The zero-order valence-electron chi connectivity index (χ0n) is 26.7. The fourth-order valence-electron chi connectivity index (χ4n) is 5.45. The van der Waals surface area contributed by atoms with E-state index in [9.17, 15) is 49.8 Å². The summed E-state index contributed by atoms with van der Waals surface area (Å²) in [6, 6.07) is 7.24. The number of rotatable bonds is 10. The van der Waals surface area contributed by atoms with E-state index in [0.717, 1.165) is 32.9 Å². The molecule has 2 aliphatic heterocycles. The number of fused-ring (bicyclic) bond motifs is 1. The van der Waals surface area contributed by atoms with Gasteiger partial charge in [0.1, 0.15) is 65.3 Å². The predicted octanol–water partition coefficient (Wildman–Crippen LogP) is -0.0688. The summed E-state index contributed by atoms with van der Waals surface area (Å²) < 4.78 is 44.4. The van der Waals surface area contributed by atoms with Crippen LogP contribution in [-0.4, -0.2) is 117 Å². The highest BCUT2D eigenvalue weighted by Gasteiger charge is 2.52. The quantitative estimate of drug-likeness (QED) is 0.119. The van der Waals surface area contributed by atoms with Crippen molar-refractivity contribution < 1.29 is 82.6 Å². The van der Waals surface area contributed by atoms with Crippen molar-refractivity contribution in [2.75, 3.05) is 13.2 Å². The van der Waals surface area contributed by atoms with E-state index in [1.54, 1.807) is 0 Å². The van der Waals surface area contributed by atoms with Crippen LogP contribution >= 0.6 is 0 Å². The lowest BCUT2D eigenvalue weighted by molar-refractivity contribution is -0.290. The Kier molecular flexibility index (Phi) is 10.8. The highest BCUT2D eigenvalue weighted by atomic mass is 16.8. The van der Waals surface area contributed by atoms with Crippen LogP contribution in [0.4, 0.5) is 0 Å². The molecule has 2 aliphatic rings. The van der Waals surface area contributed by atoms with E-state index < -0.39 is 114 Å². The van der Waals surface area contributed by atoms with Gasteiger partial charge in [-0.2, -0.15) is 0 Å². The molecule has 3 aromatic rings. The average molecular weight is 707 g/mol. The molecule has 0 bridgehead atoms. The number of phenolic OH excluding ortho intramolecular Hbond substituents is 3. The van der Waals surface area contributed by atoms with Crippen molar-refractivity contribution in [3.8, 4) is 34.3 Å². The maximum atomic E-state index is 13.7. The molecule has 5 rings (SSSR count). The molecule has 0 spiro atoms. The molecular weight excluding hydrogens is 672 g/mol. The second-order valence-corrected chi connectivity index (χ2v) is 11.4. The van der Waals surface area contributed by atoms with E-state index >= 15 is 0 Å². The third kappa shape index (κ3) is 7.75. The maximum absolute atomic E-state index is 13.7. The summed E-state index contributed by atoms with van der Waals surface area (Å²) in [6.07, 6.45) is -14.5. The molecule has 18 heteroatoms. The third-order valence-corrected chi connectivity index (χ3v) is 7.70. The average Bonchev–Trinajstić information content (AvgIpc) is 3.34. The Morgan fingerprint density at radius 2 is 1.38 bits per heavy atom. The summed E-state index contributed by atoms with van der Waals surface area (Å²) in [5.74, 6) is -4.38. The van der Waals surface area contributed by atoms with Gasteiger partial charge in [0.25, 0.3) is 0 Å². The first-order valence-corrected chi connectivity index (χ1v) is 15.1. The second kappa shape index (κ2) is 14.9. The Morgan fingerprint density at radius 1 is 0.740 bits per heavy atom. The molecule has 2 saturated heterocycles. The summed E-state index contributed by atoms with van der Waals surface area (Å²) in [7, 11) is 0. The van der Waals surface area contributed by atoms with Crippen molar-refractivity contribution in [3.63, 3.8) is 0 Å². The van der Waals surface area contributed by atoms with E-state index in [1.165, 1.54) is 24.3 Å². The normalized spacial score (nSPS) is 27.8. The van der Waals surface area contributed by atoms with Crippen molar-refractivity contribution in [3.05, 3.63) is 46.6 Å². The molecule has 0 amide bonds. The van der Waals surface area contributed by atoms with Crippen molar-refractivity contribution in [1.82, 2.24) is 0 Å².